The second-order valence-electron chi connectivity index (χ2n) is 3.78. The van der Waals surface area contributed by atoms with E-state index in [9.17, 15) is 12.8 Å². The van der Waals surface area contributed by atoms with Crippen molar-refractivity contribution in [2.24, 2.45) is 0 Å². The number of nitrogens with one attached hydrogen (secondary N) is 1. The Labute approximate surface area is 128 Å². The molecule has 0 aliphatic carbocycles. The molecule has 20 heavy (non-hydrogen) atoms. The van der Waals surface area contributed by atoms with Crippen molar-refractivity contribution in [2.45, 2.75) is 4.90 Å². The highest BCUT2D eigenvalue weighted by atomic mass is 79.9. The molecule has 0 aliphatic rings. The molecule has 1 heterocycles. The van der Waals surface area contributed by atoms with E-state index in [1.54, 1.807) is 6.07 Å². The van der Waals surface area contributed by atoms with Gasteiger partial charge in [0.05, 0.1) is 17.6 Å². The van der Waals surface area contributed by atoms with Gasteiger partial charge in [-0.25, -0.2) is 17.8 Å². The van der Waals surface area contributed by atoms with Crippen LogP contribution in [0.4, 0.5) is 15.8 Å². The summed E-state index contributed by atoms with van der Waals surface area (Å²) in [5.41, 5.74) is 5.21. The van der Waals surface area contributed by atoms with Crippen molar-refractivity contribution < 1.29 is 12.8 Å². The molecule has 2 aromatic rings. The van der Waals surface area contributed by atoms with Crippen molar-refractivity contribution in [3.05, 3.63) is 45.9 Å². The Balaban J connectivity index is 2.43. The zero-order chi connectivity index (χ0) is 14.9. The minimum Gasteiger partial charge on any atom is -0.396 e. The Morgan fingerprint density at radius 1 is 1.35 bits per heavy atom. The van der Waals surface area contributed by atoms with Crippen LogP contribution in [0.2, 0.25) is 5.02 Å². The summed E-state index contributed by atoms with van der Waals surface area (Å²) in [6.45, 7) is 0. The number of nitrogens with zero attached hydrogens (tertiary/aromatic N) is 1. The summed E-state index contributed by atoms with van der Waals surface area (Å²) >= 11 is 8.81. The fourth-order valence-electron chi connectivity index (χ4n) is 1.43. The Morgan fingerprint density at radius 3 is 2.65 bits per heavy atom. The maximum Gasteiger partial charge on any atom is 0.265 e. The lowest BCUT2D eigenvalue weighted by molar-refractivity contribution is 0.573. The van der Waals surface area contributed by atoms with Crippen molar-refractivity contribution in [1.29, 1.82) is 0 Å². The van der Waals surface area contributed by atoms with Crippen LogP contribution in [0.1, 0.15) is 0 Å². The number of anilines is 2. The van der Waals surface area contributed by atoms with E-state index in [4.69, 9.17) is 17.3 Å². The first-order valence-corrected chi connectivity index (χ1v) is 7.84. The van der Waals surface area contributed by atoms with Gasteiger partial charge >= 0.3 is 0 Å². The lowest BCUT2D eigenvalue weighted by Crippen LogP contribution is -2.15. The van der Waals surface area contributed by atoms with E-state index in [2.05, 4.69) is 25.6 Å². The van der Waals surface area contributed by atoms with E-state index in [0.717, 1.165) is 12.1 Å². The van der Waals surface area contributed by atoms with Crippen LogP contribution < -0.4 is 10.5 Å². The number of nitrogen functional groups attached to an aromatic ring is 1. The topological polar surface area (TPSA) is 85.1 Å². The number of pyridine rings is 1. The molecule has 2 rings (SSSR count). The van der Waals surface area contributed by atoms with E-state index in [1.165, 1.54) is 12.3 Å². The van der Waals surface area contributed by atoms with Crippen LogP contribution in [0.3, 0.4) is 0 Å². The first-order chi connectivity index (χ1) is 9.29. The zero-order valence-electron chi connectivity index (χ0n) is 9.77. The maximum atomic E-state index is 13.8. The molecule has 1 aromatic heterocycles. The summed E-state index contributed by atoms with van der Waals surface area (Å²) < 4.78 is 40.8. The number of hydrogen-bond donors (Lipinski definition) is 2. The Morgan fingerprint density at radius 2 is 2.05 bits per heavy atom. The van der Waals surface area contributed by atoms with Crippen LogP contribution in [0, 0.1) is 5.82 Å². The highest BCUT2D eigenvalue weighted by Gasteiger charge is 2.22. The van der Waals surface area contributed by atoms with Gasteiger partial charge in [-0.1, -0.05) is 11.6 Å². The van der Waals surface area contributed by atoms with E-state index in [-0.39, 0.29) is 16.4 Å². The molecule has 0 atom stereocenters. The average Bonchev–Trinajstić information content (AvgIpc) is 2.36. The van der Waals surface area contributed by atoms with Crippen LogP contribution in [0.5, 0.6) is 0 Å². The van der Waals surface area contributed by atoms with Crippen LogP contribution in [-0.4, -0.2) is 13.4 Å². The van der Waals surface area contributed by atoms with Gasteiger partial charge in [0.2, 0.25) is 0 Å². The summed E-state index contributed by atoms with van der Waals surface area (Å²) in [4.78, 5) is 3.24. The monoisotopic (exact) mass is 379 g/mol. The normalized spacial score (nSPS) is 11.3. The van der Waals surface area contributed by atoms with Crippen LogP contribution in [0.15, 0.2) is 40.0 Å². The molecule has 3 N–H and O–H groups in total. The lowest BCUT2D eigenvalue weighted by atomic mass is 10.3. The molecule has 0 saturated carbocycles. The predicted molar refractivity (Wildman–Crippen MR) is 78.6 cm³/mol. The van der Waals surface area contributed by atoms with Crippen molar-refractivity contribution in [2.75, 3.05) is 10.5 Å². The highest BCUT2D eigenvalue weighted by molar-refractivity contribution is 9.10. The van der Waals surface area contributed by atoms with E-state index >= 15 is 0 Å². The average molecular weight is 381 g/mol. The first kappa shape index (κ1) is 15.0. The number of halogens is 3. The first-order valence-electron chi connectivity index (χ1n) is 5.18. The van der Waals surface area contributed by atoms with Crippen LogP contribution in [-0.2, 0) is 10.0 Å². The van der Waals surface area contributed by atoms with Gasteiger partial charge < -0.3 is 5.73 Å². The summed E-state index contributed by atoms with van der Waals surface area (Å²) in [5.74, 6) is -1.05. The molecule has 9 heteroatoms. The minimum atomic E-state index is -4.15. The number of rotatable bonds is 3. The lowest BCUT2D eigenvalue weighted by Gasteiger charge is -2.10. The third kappa shape index (κ3) is 3.20. The fourth-order valence-corrected chi connectivity index (χ4v) is 3.13. The minimum absolute atomic E-state index is 0.0261. The standard InChI is InChI=1S/C11H8BrClFN3O2S/c12-10-2-1-7(5-16-10)17-20(18,19)9-4-6(13)3-8(15)11(9)14/h1-5,17H,15H2. The second-order valence-corrected chi connectivity index (χ2v) is 6.68. The molecule has 106 valence electrons. The Hall–Kier alpha value is -1.38. The maximum absolute atomic E-state index is 13.8. The van der Waals surface area contributed by atoms with Crippen molar-refractivity contribution in [1.82, 2.24) is 4.98 Å². The molecule has 0 amide bonds. The highest BCUT2D eigenvalue weighted by Crippen LogP contribution is 2.26. The molecule has 0 aliphatic heterocycles. The van der Waals surface area contributed by atoms with Crippen molar-refractivity contribution in [3.8, 4) is 0 Å². The smallest absolute Gasteiger partial charge is 0.265 e. The number of sulfonamides is 1. The third-order valence-corrected chi connectivity index (χ3v) is 4.37. The number of aromatic nitrogens is 1. The van der Waals surface area contributed by atoms with Crippen molar-refractivity contribution in [3.63, 3.8) is 0 Å². The van der Waals surface area contributed by atoms with E-state index in [1.807, 2.05) is 0 Å². The van der Waals surface area contributed by atoms with Crippen LogP contribution >= 0.6 is 27.5 Å². The zero-order valence-corrected chi connectivity index (χ0v) is 12.9. The van der Waals surface area contributed by atoms with E-state index in [0.29, 0.717) is 4.60 Å². The molecule has 1 aromatic carbocycles. The summed E-state index contributed by atoms with van der Waals surface area (Å²) in [5, 5.41) is 0.0261. The molecular weight excluding hydrogens is 373 g/mol. The molecular formula is C11H8BrClFN3O2S. The van der Waals surface area contributed by atoms with Gasteiger partial charge in [-0.2, -0.15) is 0 Å². The molecule has 0 spiro atoms. The van der Waals surface area contributed by atoms with Crippen molar-refractivity contribution >= 4 is 48.9 Å². The molecule has 0 radical (unpaired) electrons. The quantitative estimate of drug-likeness (QED) is 0.633. The molecule has 5 nitrogen and oxygen atoms in total. The van der Waals surface area contributed by atoms with Gasteiger partial charge in [-0.05, 0) is 40.2 Å². The Bertz CT molecular complexity index is 753. The number of hydrogen-bond acceptors (Lipinski definition) is 4. The molecule has 0 bridgehead atoms. The molecule has 0 fully saturated rings. The molecule has 0 saturated heterocycles. The van der Waals surface area contributed by atoms with Gasteiger partial charge in [-0.3, -0.25) is 4.72 Å². The van der Waals surface area contributed by atoms with Crippen LogP contribution in [0.25, 0.3) is 0 Å². The summed E-state index contributed by atoms with van der Waals surface area (Å²) in [6.07, 6.45) is 1.29. The van der Waals surface area contributed by atoms with Gasteiger partial charge in [0.15, 0.2) is 5.82 Å². The van der Waals surface area contributed by atoms with Gasteiger partial charge in [0.1, 0.15) is 9.50 Å². The summed E-state index contributed by atoms with van der Waals surface area (Å²) in [7, 11) is -4.15. The molecule has 0 unspecified atom stereocenters. The Kier molecular flexibility index (Phi) is 4.17. The SMILES string of the molecule is Nc1cc(Cl)cc(S(=O)(=O)Nc2ccc(Br)nc2)c1F. The fraction of sp³-hybridized carbons (Fsp3) is 0. The number of nitrogens with two attached hydrogens (primary N) is 1. The second kappa shape index (κ2) is 5.55. The predicted octanol–water partition coefficient (Wildman–Crippen LogP) is 3.02. The largest absolute Gasteiger partial charge is 0.396 e. The number of benzene rings is 1. The summed E-state index contributed by atoms with van der Waals surface area (Å²) in [6, 6.07) is 5.14. The third-order valence-electron chi connectivity index (χ3n) is 2.30. The van der Waals surface area contributed by atoms with Gasteiger partial charge in [-0.15, -0.1) is 0 Å². The van der Waals surface area contributed by atoms with Gasteiger partial charge in [0.25, 0.3) is 10.0 Å². The van der Waals surface area contributed by atoms with Gasteiger partial charge in [0, 0.05) is 5.02 Å². The van der Waals surface area contributed by atoms with E-state index < -0.39 is 20.7 Å².